The molecule has 1 heterocycles. The molecular weight excluding hydrogens is 342 g/mol. The van der Waals surface area contributed by atoms with Crippen LogP contribution in [0.4, 0.5) is 0 Å². The standard InChI is InChI=1S/C17H17N3O4S/c1-9-3-5-10(6-4-9)13-11(7-18)16(25-8-12(19)21)20-15(22)14(13)17(23)24-2/h3-6,13-14H,8H2,1-2H3,(H2,19,21)(H,20,22)/t13-,14-/m1/s1. The van der Waals surface area contributed by atoms with Crippen LogP contribution in [0.5, 0.6) is 0 Å². The van der Waals surface area contributed by atoms with Crippen molar-refractivity contribution in [2.24, 2.45) is 11.7 Å². The van der Waals surface area contributed by atoms with Crippen molar-refractivity contribution in [2.75, 3.05) is 12.9 Å². The molecule has 3 N–H and O–H groups in total. The van der Waals surface area contributed by atoms with Gasteiger partial charge in [0.1, 0.15) is 5.92 Å². The van der Waals surface area contributed by atoms with Crippen molar-refractivity contribution in [3.63, 3.8) is 0 Å². The molecule has 25 heavy (non-hydrogen) atoms. The molecule has 0 spiro atoms. The highest BCUT2D eigenvalue weighted by molar-refractivity contribution is 8.03. The van der Waals surface area contributed by atoms with Crippen molar-refractivity contribution in [1.82, 2.24) is 5.32 Å². The maximum absolute atomic E-state index is 12.5. The van der Waals surface area contributed by atoms with E-state index < -0.39 is 29.6 Å². The summed E-state index contributed by atoms with van der Waals surface area (Å²) in [6.45, 7) is 1.91. The second kappa shape index (κ2) is 7.85. The van der Waals surface area contributed by atoms with Crippen LogP contribution in [0.2, 0.25) is 0 Å². The predicted molar refractivity (Wildman–Crippen MR) is 91.9 cm³/mol. The lowest BCUT2D eigenvalue weighted by atomic mass is 9.78. The number of allylic oxidation sites excluding steroid dienone is 1. The number of nitrogens with one attached hydrogen (secondary N) is 1. The maximum Gasteiger partial charge on any atom is 0.319 e. The quantitative estimate of drug-likeness (QED) is 0.596. The fourth-order valence-corrected chi connectivity index (χ4v) is 3.38. The summed E-state index contributed by atoms with van der Waals surface area (Å²) in [7, 11) is 1.19. The Morgan fingerprint density at radius 2 is 2.00 bits per heavy atom. The number of thioether (sulfide) groups is 1. The molecule has 2 atom stereocenters. The number of nitriles is 1. The van der Waals surface area contributed by atoms with Crippen LogP contribution in [-0.2, 0) is 19.1 Å². The van der Waals surface area contributed by atoms with E-state index in [-0.39, 0.29) is 16.4 Å². The van der Waals surface area contributed by atoms with Crippen LogP contribution in [0.3, 0.4) is 0 Å². The molecule has 0 saturated heterocycles. The van der Waals surface area contributed by atoms with Gasteiger partial charge in [-0.15, -0.1) is 0 Å². The molecule has 1 aromatic rings. The summed E-state index contributed by atoms with van der Waals surface area (Å²) in [6, 6.07) is 9.26. The number of nitrogens with zero attached hydrogens (tertiary/aromatic N) is 1. The highest BCUT2D eigenvalue weighted by Gasteiger charge is 2.44. The van der Waals surface area contributed by atoms with Gasteiger partial charge in [-0.3, -0.25) is 14.4 Å². The summed E-state index contributed by atoms with van der Waals surface area (Å²) in [4.78, 5) is 35.7. The molecule has 8 heteroatoms. The van der Waals surface area contributed by atoms with Crippen molar-refractivity contribution < 1.29 is 19.1 Å². The van der Waals surface area contributed by atoms with E-state index in [1.807, 2.05) is 19.1 Å². The van der Waals surface area contributed by atoms with Crippen molar-refractivity contribution in [2.45, 2.75) is 12.8 Å². The van der Waals surface area contributed by atoms with Gasteiger partial charge in [-0.2, -0.15) is 5.26 Å². The zero-order valence-corrected chi connectivity index (χ0v) is 14.6. The number of carbonyl (C=O) groups is 3. The number of nitrogens with two attached hydrogens (primary N) is 1. The molecule has 0 aliphatic carbocycles. The first kappa shape index (κ1) is 18.5. The van der Waals surface area contributed by atoms with E-state index in [2.05, 4.69) is 11.4 Å². The molecule has 0 fully saturated rings. The SMILES string of the molecule is COC(=O)[C@H]1C(=O)NC(SCC(N)=O)=C(C#N)[C@H]1c1ccc(C)cc1. The molecule has 0 saturated carbocycles. The van der Waals surface area contributed by atoms with E-state index in [4.69, 9.17) is 10.5 Å². The average Bonchev–Trinajstić information content (AvgIpc) is 2.59. The highest BCUT2D eigenvalue weighted by Crippen LogP contribution is 2.40. The maximum atomic E-state index is 12.5. The zero-order valence-electron chi connectivity index (χ0n) is 13.7. The lowest BCUT2D eigenvalue weighted by Gasteiger charge is -2.30. The summed E-state index contributed by atoms with van der Waals surface area (Å²) in [5, 5.41) is 12.4. The van der Waals surface area contributed by atoms with E-state index >= 15 is 0 Å². The Morgan fingerprint density at radius 3 is 2.52 bits per heavy atom. The first-order valence-corrected chi connectivity index (χ1v) is 8.38. The molecule has 2 rings (SSSR count). The van der Waals surface area contributed by atoms with E-state index in [0.717, 1.165) is 17.3 Å². The van der Waals surface area contributed by atoms with Crippen molar-refractivity contribution in [3.8, 4) is 6.07 Å². The number of primary amides is 1. The summed E-state index contributed by atoms with van der Waals surface area (Å²) >= 11 is 0.963. The summed E-state index contributed by atoms with van der Waals surface area (Å²) in [5.74, 6) is -3.95. The first-order valence-electron chi connectivity index (χ1n) is 7.39. The van der Waals surface area contributed by atoms with E-state index in [1.165, 1.54) is 7.11 Å². The van der Waals surface area contributed by atoms with Crippen molar-refractivity contribution in [3.05, 3.63) is 46.0 Å². The van der Waals surface area contributed by atoms with Gasteiger partial charge in [0.15, 0.2) is 0 Å². The number of benzene rings is 1. The van der Waals surface area contributed by atoms with E-state index in [0.29, 0.717) is 5.56 Å². The first-order chi connectivity index (χ1) is 11.9. The normalized spacial score (nSPS) is 19.8. The highest BCUT2D eigenvalue weighted by atomic mass is 32.2. The van der Waals surface area contributed by atoms with Crippen LogP contribution in [-0.4, -0.2) is 30.6 Å². The molecule has 0 radical (unpaired) electrons. The van der Waals surface area contributed by atoms with Crippen LogP contribution in [0.15, 0.2) is 34.9 Å². The summed E-state index contributed by atoms with van der Waals surface area (Å²) in [5.41, 5.74) is 6.98. The Hall–Kier alpha value is -2.79. The van der Waals surface area contributed by atoms with Gasteiger partial charge in [0.25, 0.3) is 0 Å². The average molecular weight is 359 g/mol. The number of esters is 1. The number of carbonyl (C=O) groups excluding carboxylic acids is 3. The van der Waals surface area contributed by atoms with Gasteiger partial charge in [0.2, 0.25) is 11.8 Å². The summed E-state index contributed by atoms with van der Waals surface area (Å²) in [6.07, 6.45) is 0. The van der Waals surface area contributed by atoms with Crippen LogP contribution in [0.25, 0.3) is 0 Å². The molecule has 0 unspecified atom stereocenters. The minimum atomic E-state index is -1.18. The van der Waals surface area contributed by atoms with Gasteiger partial charge >= 0.3 is 5.97 Å². The minimum Gasteiger partial charge on any atom is -0.468 e. The molecule has 1 aliphatic heterocycles. The third-order valence-corrected chi connectivity index (χ3v) is 4.82. The number of aryl methyl sites for hydroxylation is 1. The monoisotopic (exact) mass is 359 g/mol. The van der Waals surface area contributed by atoms with Crippen LogP contribution in [0.1, 0.15) is 17.0 Å². The Bertz CT molecular complexity index is 780. The fourth-order valence-electron chi connectivity index (χ4n) is 2.60. The van der Waals surface area contributed by atoms with Crippen LogP contribution < -0.4 is 11.1 Å². The molecule has 0 bridgehead atoms. The van der Waals surface area contributed by atoms with Crippen LogP contribution in [0, 0.1) is 24.2 Å². The number of hydrogen-bond acceptors (Lipinski definition) is 6. The third-order valence-electron chi connectivity index (χ3n) is 3.78. The van der Waals surface area contributed by atoms with E-state index in [1.54, 1.807) is 12.1 Å². The van der Waals surface area contributed by atoms with Gasteiger partial charge < -0.3 is 15.8 Å². The molecule has 7 nitrogen and oxygen atoms in total. The smallest absolute Gasteiger partial charge is 0.319 e. The van der Waals surface area contributed by atoms with Gasteiger partial charge in [0, 0.05) is 5.92 Å². The number of methoxy groups -OCH3 is 1. The number of rotatable bonds is 5. The molecule has 1 aliphatic rings. The summed E-state index contributed by atoms with van der Waals surface area (Å²) < 4.78 is 4.75. The number of hydrogen-bond donors (Lipinski definition) is 2. The molecule has 2 amide bonds. The minimum absolute atomic E-state index is 0.0930. The van der Waals surface area contributed by atoms with Crippen molar-refractivity contribution in [1.29, 1.82) is 5.26 Å². The Balaban J connectivity index is 2.57. The second-order valence-corrected chi connectivity index (χ2v) is 6.47. The number of ether oxygens (including phenoxy) is 1. The lowest BCUT2D eigenvalue weighted by Crippen LogP contribution is -2.44. The molecular formula is C17H17N3O4S. The predicted octanol–water partition coefficient (Wildman–Crippen LogP) is 0.951. The third kappa shape index (κ3) is 4.00. The lowest BCUT2D eigenvalue weighted by molar-refractivity contribution is -0.150. The van der Waals surface area contributed by atoms with Gasteiger partial charge in [-0.1, -0.05) is 41.6 Å². The van der Waals surface area contributed by atoms with Crippen LogP contribution >= 0.6 is 11.8 Å². The zero-order chi connectivity index (χ0) is 18.6. The Labute approximate surface area is 149 Å². The van der Waals surface area contributed by atoms with Gasteiger partial charge in [-0.05, 0) is 12.5 Å². The largest absolute Gasteiger partial charge is 0.468 e. The Morgan fingerprint density at radius 1 is 1.36 bits per heavy atom. The van der Waals surface area contributed by atoms with E-state index in [9.17, 15) is 19.6 Å². The molecule has 1 aromatic carbocycles. The molecule has 130 valence electrons. The second-order valence-electron chi connectivity index (χ2n) is 5.49. The number of amides is 2. The van der Waals surface area contributed by atoms with Gasteiger partial charge in [0.05, 0.1) is 29.5 Å². The van der Waals surface area contributed by atoms with Crippen molar-refractivity contribution >= 4 is 29.5 Å². The Kier molecular flexibility index (Phi) is 5.83. The fraction of sp³-hybridized carbons (Fsp3) is 0.294. The van der Waals surface area contributed by atoms with Gasteiger partial charge in [-0.25, -0.2) is 0 Å². The topological polar surface area (TPSA) is 122 Å². The molecule has 0 aromatic heterocycles.